The van der Waals surface area contributed by atoms with E-state index in [1.165, 1.54) is 7.11 Å². The first kappa shape index (κ1) is 16.7. The second-order valence-electron chi connectivity index (χ2n) is 5.52. The maximum Gasteiger partial charge on any atom is 0.375 e. The Morgan fingerprint density at radius 2 is 1.71 bits per heavy atom. The molecule has 1 unspecified atom stereocenters. The lowest BCUT2D eigenvalue weighted by molar-refractivity contribution is 0.318. The van der Waals surface area contributed by atoms with E-state index >= 15 is 0 Å². The number of hydrogen-bond acceptors (Lipinski definition) is 4. The van der Waals surface area contributed by atoms with Crippen LogP contribution in [0.5, 0.6) is 11.5 Å². The summed E-state index contributed by atoms with van der Waals surface area (Å²) in [6.45, 7) is 0.0703. The van der Waals surface area contributed by atoms with Crippen LogP contribution >= 0.6 is 0 Å². The third-order valence-corrected chi connectivity index (χ3v) is 5.18. The van der Waals surface area contributed by atoms with Crippen molar-refractivity contribution in [2.45, 2.75) is 12.5 Å². The molecule has 0 fully saturated rings. The van der Waals surface area contributed by atoms with Gasteiger partial charge in [-0.3, -0.25) is 0 Å². The highest BCUT2D eigenvalue weighted by Gasteiger charge is 2.37. The van der Waals surface area contributed by atoms with Crippen LogP contribution in [0.3, 0.4) is 0 Å². The Hall–Kier alpha value is -2.12. The molecule has 2 aromatic carbocycles. The summed E-state index contributed by atoms with van der Waals surface area (Å²) in [6, 6.07) is 11.8. The van der Waals surface area contributed by atoms with Gasteiger partial charge >= 0.3 is 10.4 Å². The quantitative estimate of drug-likeness (QED) is 0.795. The Bertz CT molecular complexity index is 839. The van der Waals surface area contributed by atoms with Crippen LogP contribution < -0.4 is 9.47 Å². The molecular formula is C17H18FNO4S. The summed E-state index contributed by atoms with van der Waals surface area (Å²) in [5.74, 6) is 1.05. The van der Waals surface area contributed by atoms with E-state index in [4.69, 9.17) is 9.47 Å². The minimum absolute atomic E-state index is 0.0703. The molecule has 0 radical (unpaired) electrons. The Morgan fingerprint density at radius 1 is 1.08 bits per heavy atom. The van der Waals surface area contributed by atoms with Gasteiger partial charge in [-0.05, 0) is 35.2 Å². The zero-order valence-electron chi connectivity index (χ0n) is 13.4. The second kappa shape index (κ2) is 6.41. The Labute approximate surface area is 141 Å². The van der Waals surface area contributed by atoms with E-state index in [1.807, 2.05) is 12.1 Å². The SMILES string of the molecule is COc1cc2c(cc1OC)C(c1ccccc1)N(S(=O)(=O)F)CC2. The maximum atomic E-state index is 13.9. The first-order valence-corrected chi connectivity index (χ1v) is 8.81. The van der Waals surface area contributed by atoms with E-state index in [9.17, 15) is 12.3 Å². The van der Waals surface area contributed by atoms with E-state index in [-0.39, 0.29) is 6.54 Å². The van der Waals surface area contributed by atoms with E-state index < -0.39 is 16.5 Å². The van der Waals surface area contributed by atoms with Gasteiger partial charge in [-0.2, -0.15) is 12.7 Å². The van der Waals surface area contributed by atoms with E-state index in [0.717, 1.165) is 9.87 Å². The highest BCUT2D eigenvalue weighted by Crippen LogP contribution is 2.42. The number of halogens is 1. The minimum atomic E-state index is -4.84. The Balaban J connectivity index is 2.21. The zero-order valence-corrected chi connectivity index (χ0v) is 14.2. The van der Waals surface area contributed by atoms with Gasteiger partial charge in [0.25, 0.3) is 0 Å². The summed E-state index contributed by atoms with van der Waals surface area (Å²) < 4.78 is 48.7. The van der Waals surface area contributed by atoms with Gasteiger partial charge in [0, 0.05) is 6.54 Å². The van der Waals surface area contributed by atoms with E-state index in [0.29, 0.717) is 29.0 Å². The number of hydrogen-bond donors (Lipinski definition) is 0. The molecule has 1 aliphatic heterocycles. The monoisotopic (exact) mass is 351 g/mol. The molecule has 0 spiro atoms. The number of rotatable bonds is 4. The maximum absolute atomic E-state index is 13.9. The van der Waals surface area contributed by atoms with Gasteiger partial charge in [0.15, 0.2) is 11.5 Å². The largest absolute Gasteiger partial charge is 0.493 e. The number of fused-ring (bicyclic) bond motifs is 1. The van der Waals surface area contributed by atoms with Crippen molar-refractivity contribution in [1.82, 2.24) is 4.31 Å². The van der Waals surface area contributed by atoms with Crippen molar-refractivity contribution in [3.05, 3.63) is 59.2 Å². The second-order valence-corrected chi connectivity index (χ2v) is 6.82. The van der Waals surface area contributed by atoms with Crippen molar-refractivity contribution in [3.8, 4) is 11.5 Å². The van der Waals surface area contributed by atoms with Gasteiger partial charge in [-0.15, -0.1) is 0 Å². The van der Waals surface area contributed by atoms with Crippen LogP contribution in [0.1, 0.15) is 22.7 Å². The summed E-state index contributed by atoms with van der Waals surface area (Å²) in [4.78, 5) is 0. The molecule has 0 saturated carbocycles. The van der Waals surface area contributed by atoms with Crippen molar-refractivity contribution in [2.24, 2.45) is 0 Å². The lowest BCUT2D eigenvalue weighted by Gasteiger charge is -2.34. The van der Waals surface area contributed by atoms with Crippen LogP contribution in [0.2, 0.25) is 0 Å². The lowest BCUT2D eigenvalue weighted by Crippen LogP contribution is -2.38. The third-order valence-electron chi connectivity index (χ3n) is 4.22. The molecule has 2 aromatic rings. The topological polar surface area (TPSA) is 55.8 Å². The molecule has 0 aliphatic carbocycles. The molecule has 1 aliphatic rings. The molecule has 3 rings (SSSR count). The molecule has 0 amide bonds. The van der Waals surface area contributed by atoms with Crippen molar-refractivity contribution < 1.29 is 21.8 Å². The van der Waals surface area contributed by atoms with Gasteiger partial charge < -0.3 is 9.47 Å². The standard InChI is InChI=1S/C17H18FNO4S/c1-22-15-10-13-8-9-19(24(18,20)21)17(12-6-4-3-5-7-12)14(13)11-16(15)23-2/h3-7,10-11,17H,8-9H2,1-2H3. The van der Waals surface area contributed by atoms with E-state index in [1.54, 1.807) is 37.4 Å². The van der Waals surface area contributed by atoms with Gasteiger partial charge in [0.2, 0.25) is 0 Å². The van der Waals surface area contributed by atoms with Crippen LogP contribution in [-0.4, -0.2) is 33.5 Å². The van der Waals surface area contributed by atoms with Crippen molar-refractivity contribution in [3.63, 3.8) is 0 Å². The molecule has 0 saturated heterocycles. The molecule has 24 heavy (non-hydrogen) atoms. The molecule has 128 valence electrons. The number of benzene rings is 2. The van der Waals surface area contributed by atoms with Gasteiger partial charge in [0.05, 0.1) is 20.3 Å². The van der Waals surface area contributed by atoms with Crippen molar-refractivity contribution >= 4 is 10.4 Å². The molecule has 1 atom stereocenters. The van der Waals surface area contributed by atoms with Gasteiger partial charge in [-0.25, -0.2) is 0 Å². The predicted molar refractivity (Wildman–Crippen MR) is 88.3 cm³/mol. The van der Waals surface area contributed by atoms with Crippen LogP contribution in [-0.2, 0) is 16.8 Å². The third kappa shape index (κ3) is 2.97. The minimum Gasteiger partial charge on any atom is -0.493 e. The van der Waals surface area contributed by atoms with Crippen LogP contribution in [0, 0.1) is 0 Å². The van der Waals surface area contributed by atoms with Crippen LogP contribution in [0.4, 0.5) is 3.89 Å². The fourth-order valence-electron chi connectivity index (χ4n) is 3.14. The molecule has 0 aromatic heterocycles. The number of ether oxygens (including phenoxy) is 2. The average Bonchev–Trinajstić information content (AvgIpc) is 2.59. The van der Waals surface area contributed by atoms with Gasteiger partial charge in [0.1, 0.15) is 0 Å². The highest BCUT2D eigenvalue weighted by molar-refractivity contribution is 7.84. The fraction of sp³-hybridized carbons (Fsp3) is 0.294. The van der Waals surface area contributed by atoms with Crippen LogP contribution in [0.25, 0.3) is 0 Å². The molecule has 5 nitrogen and oxygen atoms in total. The molecule has 0 N–H and O–H groups in total. The number of nitrogens with zero attached hydrogens (tertiary/aromatic N) is 1. The number of methoxy groups -OCH3 is 2. The molecule has 0 bridgehead atoms. The summed E-state index contributed by atoms with van der Waals surface area (Å²) in [5.41, 5.74) is 2.32. The Morgan fingerprint density at radius 3 is 2.29 bits per heavy atom. The van der Waals surface area contributed by atoms with Crippen LogP contribution in [0.15, 0.2) is 42.5 Å². The summed E-state index contributed by atoms with van der Waals surface area (Å²) in [5, 5.41) is 0. The molecule has 1 heterocycles. The first-order valence-electron chi connectivity index (χ1n) is 7.47. The smallest absolute Gasteiger partial charge is 0.375 e. The molecular weight excluding hydrogens is 333 g/mol. The summed E-state index contributed by atoms with van der Waals surface area (Å²) in [6.07, 6.45) is 0.405. The summed E-state index contributed by atoms with van der Waals surface area (Å²) in [7, 11) is -1.79. The zero-order chi connectivity index (χ0) is 17.3. The highest BCUT2D eigenvalue weighted by atomic mass is 32.3. The van der Waals surface area contributed by atoms with Crippen molar-refractivity contribution in [2.75, 3.05) is 20.8 Å². The average molecular weight is 351 g/mol. The van der Waals surface area contributed by atoms with Crippen molar-refractivity contribution in [1.29, 1.82) is 0 Å². The Kier molecular flexibility index (Phi) is 4.47. The fourth-order valence-corrected chi connectivity index (χ4v) is 3.94. The van der Waals surface area contributed by atoms with Gasteiger partial charge in [-0.1, -0.05) is 34.2 Å². The summed E-state index contributed by atoms with van der Waals surface area (Å²) >= 11 is 0. The predicted octanol–water partition coefficient (Wildman–Crippen LogP) is 2.87. The lowest BCUT2D eigenvalue weighted by atomic mass is 9.89. The van der Waals surface area contributed by atoms with E-state index in [2.05, 4.69) is 0 Å². The molecule has 7 heteroatoms. The normalized spacial score (nSPS) is 18.0. The first-order chi connectivity index (χ1) is 11.5.